The Morgan fingerprint density at radius 2 is 2.19 bits per heavy atom. The molecule has 116 valence electrons. The molecule has 1 aliphatic rings. The van der Waals surface area contributed by atoms with E-state index < -0.39 is 5.97 Å². The summed E-state index contributed by atoms with van der Waals surface area (Å²) in [7, 11) is 0. The third-order valence-electron chi connectivity index (χ3n) is 3.26. The van der Waals surface area contributed by atoms with E-state index in [1.807, 2.05) is 13.8 Å². The van der Waals surface area contributed by atoms with E-state index in [1.165, 1.54) is 18.3 Å². The molecule has 1 aromatic rings. The number of thiazole rings is 1. The molecule has 0 amide bonds. The summed E-state index contributed by atoms with van der Waals surface area (Å²) in [6.07, 6.45) is 0.0944. The molecular weight excluding hydrogens is 292 g/mol. The summed E-state index contributed by atoms with van der Waals surface area (Å²) in [6.45, 7) is 8.73. The average Bonchev–Trinajstić information content (AvgIpc) is 2.87. The minimum atomic E-state index is -0.542. The van der Waals surface area contributed by atoms with Crippen molar-refractivity contribution in [2.24, 2.45) is 0 Å². The number of Topliss-reactive ketones (excluding diaryl/α,β-unsaturated/α-hetero) is 1. The molecule has 1 fully saturated rings. The quantitative estimate of drug-likeness (QED) is 0.627. The molecule has 0 spiro atoms. The summed E-state index contributed by atoms with van der Waals surface area (Å²) in [5.41, 5.74) is 0.121. The number of hydrogen-bond acceptors (Lipinski definition) is 7. The number of esters is 1. The number of carbonyl (C=O) groups is 2. The zero-order valence-electron chi connectivity index (χ0n) is 12.7. The number of anilines is 1. The van der Waals surface area contributed by atoms with Crippen molar-refractivity contribution in [1.29, 1.82) is 0 Å². The number of hydrogen-bond donors (Lipinski definition) is 0. The number of rotatable bonds is 4. The standard InChI is InChI=1S/C14H20N2O4S/c1-5-19-13(18)11-12(10(4)17)21-14(15-11)16-6-9(3)20-7-8(16)2/h8-9H,5-7H2,1-4H3. The number of ketones is 1. The fourth-order valence-electron chi connectivity index (χ4n) is 2.18. The van der Waals surface area contributed by atoms with E-state index in [9.17, 15) is 9.59 Å². The Bertz CT molecular complexity index is 543. The molecule has 21 heavy (non-hydrogen) atoms. The van der Waals surface area contributed by atoms with Crippen LogP contribution in [0.15, 0.2) is 0 Å². The van der Waals surface area contributed by atoms with Crippen LogP contribution < -0.4 is 4.90 Å². The SMILES string of the molecule is CCOC(=O)c1nc(N2CC(C)OCC2C)sc1C(C)=O. The van der Waals surface area contributed by atoms with E-state index in [1.54, 1.807) is 6.92 Å². The summed E-state index contributed by atoms with van der Waals surface area (Å²) in [5, 5.41) is 0.672. The summed E-state index contributed by atoms with van der Waals surface area (Å²) in [5.74, 6) is -0.713. The molecule has 0 bridgehead atoms. The van der Waals surface area contributed by atoms with Crippen LogP contribution in [0.4, 0.5) is 5.13 Å². The van der Waals surface area contributed by atoms with Gasteiger partial charge in [-0.15, -0.1) is 0 Å². The Balaban J connectivity index is 2.34. The summed E-state index contributed by atoms with van der Waals surface area (Å²) in [4.78, 5) is 30.5. The second-order valence-corrected chi connectivity index (χ2v) is 6.07. The van der Waals surface area contributed by atoms with Gasteiger partial charge in [0.25, 0.3) is 0 Å². The lowest BCUT2D eigenvalue weighted by molar-refractivity contribution is 0.0343. The van der Waals surface area contributed by atoms with Crippen LogP contribution in [-0.4, -0.2) is 48.6 Å². The summed E-state index contributed by atoms with van der Waals surface area (Å²) < 4.78 is 10.6. The van der Waals surface area contributed by atoms with Crippen LogP contribution in [0.3, 0.4) is 0 Å². The molecule has 0 N–H and O–H groups in total. The van der Waals surface area contributed by atoms with Crippen molar-refractivity contribution in [3.63, 3.8) is 0 Å². The molecule has 1 aromatic heterocycles. The second kappa shape index (κ2) is 6.53. The van der Waals surface area contributed by atoms with Crippen molar-refractivity contribution in [3.8, 4) is 0 Å². The van der Waals surface area contributed by atoms with Crippen LogP contribution in [-0.2, 0) is 9.47 Å². The van der Waals surface area contributed by atoms with Gasteiger partial charge in [-0.25, -0.2) is 9.78 Å². The van der Waals surface area contributed by atoms with Crippen molar-refractivity contribution in [3.05, 3.63) is 10.6 Å². The van der Waals surface area contributed by atoms with Gasteiger partial charge in [0.2, 0.25) is 0 Å². The molecule has 0 aliphatic carbocycles. The Labute approximate surface area is 128 Å². The van der Waals surface area contributed by atoms with Gasteiger partial charge in [-0.05, 0) is 20.8 Å². The van der Waals surface area contributed by atoms with Crippen LogP contribution in [0.1, 0.15) is 47.9 Å². The van der Waals surface area contributed by atoms with Gasteiger partial charge >= 0.3 is 5.97 Å². The van der Waals surface area contributed by atoms with Gasteiger partial charge < -0.3 is 14.4 Å². The van der Waals surface area contributed by atoms with E-state index in [4.69, 9.17) is 9.47 Å². The normalized spacial score (nSPS) is 22.2. The van der Waals surface area contributed by atoms with Crippen LogP contribution in [0, 0.1) is 0 Å². The molecule has 1 aliphatic heterocycles. The molecule has 6 nitrogen and oxygen atoms in total. The topological polar surface area (TPSA) is 68.7 Å². The lowest BCUT2D eigenvalue weighted by atomic mass is 10.2. The monoisotopic (exact) mass is 312 g/mol. The second-order valence-electron chi connectivity index (χ2n) is 5.10. The third kappa shape index (κ3) is 3.41. The minimum Gasteiger partial charge on any atom is -0.461 e. The van der Waals surface area contributed by atoms with Crippen molar-refractivity contribution in [1.82, 2.24) is 4.98 Å². The van der Waals surface area contributed by atoms with Crippen molar-refractivity contribution in [2.45, 2.75) is 39.8 Å². The van der Waals surface area contributed by atoms with E-state index >= 15 is 0 Å². The van der Waals surface area contributed by atoms with Gasteiger partial charge in [0.05, 0.1) is 25.4 Å². The smallest absolute Gasteiger partial charge is 0.358 e. The highest BCUT2D eigenvalue weighted by molar-refractivity contribution is 7.17. The molecular formula is C14H20N2O4S. The highest BCUT2D eigenvalue weighted by Gasteiger charge is 2.29. The molecule has 2 unspecified atom stereocenters. The molecule has 2 atom stereocenters. The van der Waals surface area contributed by atoms with Crippen molar-refractivity contribution >= 4 is 28.2 Å². The van der Waals surface area contributed by atoms with Gasteiger partial charge in [-0.2, -0.15) is 0 Å². The highest BCUT2D eigenvalue weighted by atomic mass is 32.1. The number of nitrogens with zero attached hydrogens (tertiary/aromatic N) is 2. The van der Waals surface area contributed by atoms with Crippen molar-refractivity contribution < 1.29 is 19.1 Å². The van der Waals surface area contributed by atoms with E-state index in [0.29, 0.717) is 23.2 Å². The Kier molecular flexibility index (Phi) is 4.95. The first kappa shape index (κ1) is 15.9. The van der Waals surface area contributed by atoms with E-state index in [2.05, 4.69) is 9.88 Å². The molecule has 1 saturated heterocycles. The third-order valence-corrected chi connectivity index (χ3v) is 4.45. The predicted octanol–water partition coefficient (Wildman–Crippen LogP) is 2.14. The number of carbonyl (C=O) groups excluding carboxylic acids is 2. The maximum absolute atomic E-state index is 11.9. The Morgan fingerprint density at radius 3 is 2.81 bits per heavy atom. The van der Waals surface area contributed by atoms with Crippen LogP contribution in [0.2, 0.25) is 0 Å². The molecule has 0 aromatic carbocycles. The van der Waals surface area contributed by atoms with Crippen LogP contribution in [0.5, 0.6) is 0 Å². The predicted molar refractivity (Wildman–Crippen MR) is 80.3 cm³/mol. The number of morpholine rings is 1. The molecule has 0 radical (unpaired) electrons. The van der Waals surface area contributed by atoms with E-state index in [-0.39, 0.29) is 30.2 Å². The Morgan fingerprint density at radius 1 is 1.48 bits per heavy atom. The summed E-state index contributed by atoms with van der Waals surface area (Å²) in [6, 6.07) is 0.155. The summed E-state index contributed by atoms with van der Waals surface area (Å²) >= 11 is 1.24. The minimum absolute atomic E-state index is 0.0944. The maximum Gasteiger partial charge on any atom is 0.358 e. The lowest BCUT2D eigenvalue weighted by Gasteiger charge is -2.36. The fourth-order valence-corrected chi connectivity index (χ4v) is 3.24. The van der Waals surface area contributed by atoms with E-state index in [0.717, 1.165) is 0 Å². The van der Waals surface area contributed by atoms with Crippen LogP contribution in [0.25, 0.3) is 0 Å². The molecule has 0 saturated carbocycles. The van der Waals surface area contributed by atoms with Gasteiger partial charge in [0.1, 0.15) is 4.88 Å². The molecule has 2 rings (SSSR count). The molecule has 7 heteroatoms. The lowest BCUT2D eigenvalue weighted by Crippen LogP contribution is -2.47. The molecule has 2 heterocycles. The van der Waals surface area contributed by atoms with Gasteiger partial charge in [-0.3, -0.25) is 4.79 Å². The van der Waals surface area contributed by atoms with Crippen molar-refractivity contribution in [2.75, 3.05) is 24.7 Å². The first-order valence-corrected chi connectivity index (χ1v) is 7.82. The first-order chi connectivity index (χ1) is 9.93. The first-order valence-electron chi connectivity index (χ1n) is 7.01. The maximum atomic E-state index is 11.9. The fraction of sp³-hybridized carbons (Fsp3) is 0.643. The Hall–Kier alpha value is -1.47. The zero-order valence-corrected chi connectivity index (χ0v) is 13.5. The van der Waals surface area contributed by atoms with Gasteiger partial charge in [-0.1, -0.05) is 11.3 Å². The highest BCUT2D eigenvalue weighted by Crippen LogP contribution is 2.30. The van der Waals surface area contributed by atoms with Crippen LogP contribution >= 0.6 is 11.3 Å². The average molecular weight is 312 g/mol. The van der Waals surface area contributed by atoms with Gasteiger partial charge in [0.15, 0.2) is 16.6 Å². The zero-order chi connectivity index (χ0) is 15.6. The van der Waals surface area contributed by atoms with Gasteiger partial charge in [0, 0.05) is 13.5 Å². The largest absolute Gasteiger partial charge is 0.461 e. The number of aromatic nitrogens is 1. The number of ether oxygens (including phenoxy) is 2.